The van der Waals surface area contributed by atoms with Crippen molar-refractivity contribution in [2.75, 3.05) is 0 Å². The third-order valence-electron chi connectivity index (χ3n) is 3.33. The van der Waals surface area contributed by atoms with Gasteiger partial charge >= 0.3 is 0 Å². The van der Waals surface area contributed by atoms with Gasteiger partial charge in [-0.3, -0.25) is 0 Å². The van der Waals surface area contributed by atoms with E-state index in [-0.39, 0.29) is 5.76 Å². The molecule has 0 aliphatic rings. The molecule has 1 aromatic heterocycles. The summed E-state index contributed by atoms with van der Waals surface area (Å²) in [5.41, 5.74) is 4.47. The van der Waals surface area contributed by atoms with Crippen molar-refractivity contribution in [3.05, 3.63) is 48.2 Å². The van der Waals surface area contributed by atoms with Gasteiger partial charge in [0.25, 0.3) is 0 Å². The van der Waals surface area contributed by atoms with E-state index in [1.54, 1.807) is 0 Å². The third-order valence-corrected chi connectivity index (χ3v) is 3.33. The fourth-order valence-electron chi connectivity index (χ4n) is 2.43. The van der Waals surface area contributed by atoms with Crippen LogP contribution in [-0.4, -0.2) is 10.1 Å². The van der Waals surface area contributed by atoms with E-state index in [4.69, 9.17) is 0 Å². The molecule has 2 rings (SSSR count). The average molecular weight is 255 g/mol. The van der Waals surface area contributed by atoms with Gasteiger partial charge in [0.05, 0.1) is 0 Å². The minimum Gasteiger partial charge on any atom is -0.508 e. The Bertz CT molecular complexity index is 619. The lowest BCUT2D eigenvalue weighted by Crippen LogP contribution is -1.84. The number of hydrogen-bond donors (Lipinski definition) is 2. The number of aliphatic hydroxyl groups is 1. The molecule has 0 saturated heterocycles. The summed E-state index contributed by atoms with van der Waals surface area (Å²) < 4.78 is 0. The molecule has 100 valence electrons. The van der Waals surface area contributed by atoms with Crippen LogP contribution < -0.4 is 0 Å². The maximum absolute atomic E-state index is 9.45. The Labute approximate surface area is 114 Å². The van der Waals surface area contributed by atoms with Gasteiger partial charge in [0.2, 0.25) is 0 Å². The number of aliphatic hydroxyl groups excluding tert-OH is 1. The molecular formula is C17H21NO. The van der Waals surface area contributed by atoms with Crippen molar-refractivity contribution in [3.8, 4) is 0 Å². The molecule has 2 aromatic rings. The van der Waals surface area contributed by atoms with E-state index < -0.39 is 0 Å². The Morgan fingerprint density at radius 1 is 1.37 bits per heavy atom. The van der Waals surface area contributed by atoms with E-state index in [1.807, 2.05) is 12.1 Å². The summed E-state index contributed by atoms with van der Waals surface area (Å²) in [6.45, 7) is 7.93. The summed E-state index contributed by atoms with van der Waals surface area (Å²) in [6.07, 6.45) is 7.64. The maximum Gasteiger partial charge on any atom is 0.115 e. The van der Waals surface area contributed by atoms with Crippen molar-refractivity contribution in [2.24, 2.45) is 0 Å². The van der Waals surface area contributed by atoms with E-state index in [1.165, 1.54) is 16.5 Å². The van der Waals surface area contributed by atoms with Crippen LogP contribution >= 0.6 is 0 Å². The van der Waals surface area contributed by atoms with Crippen LogP contribution in [0, 0.1) is 0 Å². The molecule has 0 atom stereocenters. The second-order valence-corrected chi connectivity index (χ2v) is 4.80. The van der Waals surface area contributed by atoms with Crippen LogP contribution in [0.25, 0.3) is 22.2 Å². The zero-order chi connectivity index (χ0) is 13.8. The first-order valence-corrected chi connectivity index (χ1v) is 6.86. The monoisotopic (exact) mass is 255 g/mol. The Morgan fingerprint density at radius 2 is 2.16 bits per heavy atom. The largest absolute Gasteiger partial charge is 0.508 e. The van der Waals surface area contributed by atoms with Crippen molar-refractivity contribution in [1.82, 2.24) is 4.98 Å². The molecule has 2 heteroatoms. The molecule has 2 nitrogen and oxygen atoms in total. The summed E-state index contributed by atoms with van der Waals surface area (Å²) in [5.74, 6) is 0.107. The molecule has 0 saturated carbocycles. The molecule has 1 aromatic carbocycles. The highest BCUT2D eigenvalue weighted by Crippen LogP contribution is 2.29. The van der Waals surface area contributed by atoms with E-state index in [0.29, 0.717) is 0 Å². The van der Waals surface area contributed by atoms with Gasteiger partial charge < -0.3 is 10.1 Å². The summed E-state index contributed by atoms with van der Waals surface area (Å²) in [7, 11) is 0. The number of aromatic amines is 1. The molecule has 19 heavy (non-hydrogen) atoms. The SMILES string of the molecule is C=C(O)c1ccc2c(/C(=C/CC)CCC)c[nH]c2c1. The molecule has 0 spiro atoms. The molecule has 0 bridgehead atoms. The summed E-state index contributed by atoms with van der Waals surface area (Å²) >= 11 is 0. The molecule has 0 unspecified atom stereocenters. The van der Waals surface area contributed by atoms with Gasteiger partial charge in [-0.15, -0.1) is 0 Å². The van der Waals surface area contributed by atoms with Crippen molar-refractivity contribution in [1.29, 1.82) is 0 Å². The normalized spacial score (nSPS) is 12.0. The van der Waals surface area contributed by atoms with Gasteiger partial charge in [-0.1, -0.05) is 45.1 Å². The predicted octanol–water partition coefficient (Wildman–Crippen LogP) is 5.29. The first-order valence-electron chi connectivity index (χ1n) is 6.86. The second kappa shape index (κ2) is 5.79. The molecule has 0 fully saturated rings. The van der Waals surface area contributed by atoms with Crippen LogP contribution in [-0.2, 0) is 0 Å². The standard InChI is InChI=1S/C17H21NO/c1-4-6-13(7-5-2)16-11-18-17-10-14(12(3)19)8-9-15(16)17/h6,8-11,18-19H,3-5,7H2,1-2H3/b13-6+. The number of hydrogen-bond acceptors (Lipinski definition) is 1. The summed E-state index contributed by atoms with van der Waals surface area (Å²) in [6, 6.07) is 5.91. The highest BCUT2D eigenvalue weighted by Gasteiger charge is 2.09. The maximum atomic E-state index is 9.45. The van der Waals surface area contributed by atoms with Crippen molar-refractivity contribution in [3.63, 3.8) is 0 Å². The molecule has 1 heterocycles. The van der Waals surface area contributed by atoms with E-state index >= 15 is 0 Å². The number of nitrogens with one attached hydrogen (secondary N) is 1. The first kappa shape index (κ1) is 13.5. The van der Waals surface area contributed by atoms with Crippen LogP contribution in [0.15, 0.2) is 37.1 Å². The molecule has 2 N–H and O–H groups in total. The van der Waals surface area contributed by atoms with Crippen molar-refractivity contribution < 1.29 is 5.11 Å². The highest BCUT2D eigenvalue weighted by molar-refractivity contribution is 5.93. The highest BCUT2D eigenvalue weighted by atomic mass is 16.3. The number of rotatable bonds is 5. The predicted molar refractivity (Wildman–Crippen MR) is 83.1 cm³/mol. The van der Waals surface area contributed by atoms with E-state index in [0.717, 1.165) is 30.3 Å². The second-order valence-electron chi connectivity index (χ2n) is 4.80. The van der Waals surface area contributed by atoms with Crippen LogP contribution in [0.3, 0.4) is 0 Å². The van der Waals surface area contributed by atoms with Crippen LogP contribution in [0.1, 0.15) is 44.2 Å². The van der Waals surface area contributed by atoms with Crippen LogP contribution in [0.2, 0.25) is 0 Å². The Hall–Kier alpha value is -1.96. The van der Waals surface area contributed by atoms with Gasteiger partial charge in [0.1, 0.15) is 5.76 Å². The fourth-order valence-corrected chi connectivity index (χ4v) is 2.43. The topological polar surface area (TPSA) is 36.0 Å². The minimum atomic E-state index is 0.107. The van der Waals surface area contributed by atoms with Gasteiger partial charge in [0.15, 0.2) is 0 Å². The Morgan fingerprint density at radius 3 is 2.79 bits per heavy atom. The summed E-state index contributed by atoms with van der Waals surface area (Å²) in [5, 5.41) is 10.7. The van der Waals surface area contributed by atoms with Crippen LogP contribution in [0.5, 0.6) is 0 Å². The molecule has 0 aliphatic carbocycles. The lowest BCUT2D eigenvalue weighted by Gasteiger charge is -2.05. The quantitative estimate of drug-likeness (QED) is 0.700. The minimum absolute atomic E-state index is 0.107. The number of fused-ring (bicyclic) bond motifs is 1. The van der Waals surface area contributed by atoms with Crippen molar-refractivity contribution in [2.45, 2.75) is 33.1 Å². The lowest BCUT2D eigenvalue weighted by molar-refractivity contribution is 0.514. The Balaban J connectivity index is 2.50. The van der Waals surface area contributed by atoms with Gasteiger partial charge in [-0.25, -0.2) is 0 Å². The summed E-state index contributed by atoms with van der Waals surface area (Å²) in [4.78, 5) is 3.29. The molecule has 0 aliphatic heterocycles. The van der Waals surface area contributed by atoms with Gasteiger partial charge in [0, 0.05) is 28.2 Å². The van der Waals surface area contributed by atoms with Gasteiger partial charge in [-0.05, 0) is 24.5 Å². The molecule has 0 radical (unpaired) electrons. The number of aromatic nitrogens is 1. The molecular weight excluding hydrogens is 234 g/mol. The van der Waals surface area contributed by atoms with E-state index in [9.17, 15) is 5.11 Å². The fraction of sp³-hybridized carbons (Fsp3) is 0.294. The zero-order valence-electron chi connectivity index (χ0n) is 11.7. The van der Waals surface area contributed by atoms with Crippen LogP contribution in [0.4, 0.5) is 0 Å². The lowest BCUT2D eigenvalue weighted by atomic mass is 9.99. The smallest absolute Gasteiger partial charge is 0.115 e. The number of benzene rings is 1. The van der Waals surface area contributed by atoms with Gasteiger partial charge in [-0.2, -0.15) is 0 Å². The first-order chi connectivity index (χ1) is 9.17. The number of allylic oxidation sites excluding steroid dienone is 2. The number of H-pyrrole nitrogens is 1. The average Bonchev–Trinajstić information content (AvgIpc) is 2.81. The van der Waals surface area contributed by atoms with E-state index in [2.05, 4.69) is 43.7 Å². The third kappa shape index (κ3) is 2.73. The Kier molecular flexibility index (Phi) is 4.10. The zero-order valence-corrected chi connectivity index (χ0v) is 11.7. The molecule has 0 amide bonds. The van der Waals surface area contributed by atoms with Crippen molar-refractivity contribution >= 4 is 22.2 Å².